The first-order valence-electron chi connectivity index (χ1n) is 9.37. The van der Waals surface area contributed by atoms with Crippen LogP contribution in [0.1, 0.15) is 22.4 Å². The van der Waals surface area contributed by atoms with Crippen LogP contribution in [0.3, 0.4) is 0 Å². The van der Waals surface area contributed by atoms with Crippen LogP contribution in [-0.4, -0.2) is 49.4 Å². The number of hydrogen-bond donors (Lipinski definition) is 1. The van der Waals surface area contributed by atoms with Crippen molar-refractivity contribution >= 4 is 34.4 Å². The summed E-state index contributed by atoms with van der Waals surface area (Å²) >= 11 is 3.86. The summed E-state index contributed by atoms with van der Waals surface area (Å²) in [5, 5.41) is 0. The molecular formula is C21H27IN2O3S. The molecule has 0 aliphatic carbocycles. The summed E-state index contributed by atoms with van der Waals surface area (Å²) in [6, 6.07) is 6.53. The average Bonchev–Trinajstić information content (AvgIpc) is 2.62. The van der Waals surface area contributed by atoms with Crippen molar-refractivity contribution in [2.45, 2.75) is 43.2 Å². The van der Waals surface area contributed by atoms with Crippen molar-refractivity contribution in [1.29, 1.82) is 0 Å². The zero-order valence-corrected chi connectivity index (χ0v) is 19.8. The molecular weight excluding hydrogens is 487 g/mol. The fraction of sp³-hybridized carbons (Fsp3) is 0.476. The SMILES string of the molecule is COCC1CN(Cc2c(C)[nH]c(=O)c(I)c2Sc2cc(C)cc(C)c2)CCO1. The monoisotopic (exact) mass is 514 g/mol. The van der Waals surface area contributed by atoms with Crippen molar-refractivity contribution in [3.05, 3.63) is 54.5 Å². The minimum Gasteiger partial charge on any atom is -0.382 e. The fourth-order valence-corrected chi connectivity index (χ4v) is 5.59. The third-order valence-corrected chi connectivity index (χ3v) is 7.32. The summed E-state index contributed by atoms with van der Waals surface area (Å²) in [6.45, 7) is 10.0. The van der Waals surface area contributed by atoms with Gasteiger partial charge in [0.2, 0.25) is 0 Å². The van der Waals surface area contributed by atoms with E-state index in [1.54, 1.807) is 18.9 Å². The lowest BCUT2D eigenvalue weighted by Gasteiger charge is -2.33. The predicted molar refractivity (Wildman–Crippen MR) is 121 cm³/mol. The molecule has 1 N–H and O–H groups in total. The first-order chi connectivity index (χ1) is 13.4. The Morgan fingerprint density at radius 3 is 2.68 bits per heavy atom. The van der Waals surface area contributed by atoms with Gasteiger partial charge in [0.25, 0.3) is 5.56 Å². The maximum atomic E-state index is 12.4. The standard InChI is InChI=1S/C21H27IN2O3S/c1-13-7-14(2)9-17(8-13)28-20-18(15(3)23-21(25)19(20)22)11-24-5-6-27-16(10-24)12-26-4/h7-9,16H,5-6,10-12H2,1-4H3,(H,23,25). The molecule has 0 radical (unpaired) electrons. The van der Waals surface area contributed by atoms with Crippen molar-refractivity contribution in [2.24, 2.45) is 0 Å². The minimum atomic E-state index is -0.0204. The molecule has 152 valence electrons. The average molecular weight is 514 g/mol. The van der Waals surface area contributed by atoms with Crippen LogP contribution in [0.4, 0.5) is 0 Å². The Morgan fingerprint density at radius 1 is 1.29 bits per heavy atom. The van der Waals surface area contributed by atoms with Crippen LogP contribution in [0, 0.1) is 24.3 Å². The Labute approximate surface area is 184 Å². The summed E-state index contributed by atoms with van der Waals surface area (Å²) in [6.07, 6.45) is 0.0939. The molecule has 2 heterocycles. The number of pyridine rings is 1. The van der Waals surface area contributed by atoms with Crippen molar-refractivity contribution in [3.63, 3.8) is 0 Å². The van der Waals surface area contributed by atoms with Gasteiger partial charge < -0.3 is 14.5 Å². The maximum Gasteiger partial charge on any atom is 0.262 e. The second-order valence-corrected chi connectivity index (χ2v) is 9.47. The minimum absolute atomic E-state index is 0.0204. The van der Waals surface area contributed by atoms with Gasteiger partial charge in [0.1, 0.15) is 0 Å². The number of H-pyrrole nitrogens is 1. The molecule has 1 fully saturated rings. The first-order valence-corrected chi connectivity index (χ1v) is 11.3. The molecule has 1 aliphatic heterocycles. The molecule has 5 nitrogen and oxygen atoms in total. The lowest BCUT2D eigenvalue weighted by Crippen LogP contribution is -2.44. The van der Waals surface area contributed by atoms with Crippen LogP contribution < -0.4 is 5.56 Å². The number of aryl methyl sites for hydroxylation is 3. The van der Waals surface area contributed by atoms with Gasteiger partial charge in [-0.25, -0.2) is 0 Å². The van der Waals surface area contributed by atoms with Crippen LogP contribution in [0.5, 0.6) is 0 Å². The number of morpholine rings is 1. The van der Waals surface area contributed by atoms with Crippen molar-refractivity contribution in [1.82, 2.24) is 9.88 Å². The highest BCUT2D eigenvalue weighted by molar-refractivity contribution is 14.1. The van der Waals surface area contributed by atoms with Crippen LogP contribution in [0.2, 0.25) is 0 Å². The van der Waals surface area contributed by atoms with Gasteiger partial charge in [-0.3, -0.25) is 9.69 Å². The van der Waals surface area contributed by atoms with Gasteiger partial charge >= 0.3 is 0 Å². The van der Waals surface area contributed by atoms with E-state index in [9.17, 15) is 4.79 Å². The maximum absolute atomic E-state index is 12.4. The highest BCUT2D eigenvalue weighted by atomic mass is 127. The quantitative estimate of drug-likeness (QED) is 0.593. The first kappa shape index (κ1) is 21.8. The van der Waals surface area contributed by atoms with E-state index in [0.717, 1.165) is 33.8 Å². The molecule has 3 rings (SSSR count). The summed E-state index contributed by atoms with van der Waals surface area (Å²) < 4.78 is 11.8. The van der Waals surface area contributed by atoms with E-state index in [0.29, 0.717) is 13.2 Å². The Bertz CT molecular complexity index is 878. The van der Waals surface area contributed by atoms with Crippen LogP contribution >= 0.6 is 34.4 Å². The third-order valence-electron chi connectivity index (χ3n) is 4.80. The third kappa shape index (κ3) is 5.38. The lowest BCUT2D eigenvalue weighted by atomic mass is 10.1. The molecule has 1 unspecified atom stereocenters. The summed E-state index contributed by atoms with van der Waals surface area (Å²) in [4.78, 5) is 20.1. The van der Waals surface area contributed by atoms with E-state index in [1.807, 2.05) is 6.92 Å². The van der Waals surface area contributed by atoms with Gasteiger partial charge in [0.05, 0.1) is 22.9 Å². The molecule has 1 saturated heterocycles. The van der Waals surface area contributed by atoms with Crippen LogP contribution in [0.15, 0.2) is 32.8 Å². The molecule has 2 aromatic rings. The molecule has 7 heteroatoms. The number of nitrogens with one attached hydrogen (secondary N) is 1. The van der Waals surface area contributed by atoms with Crippen molar-refractivity contribution in [2.75, 3.05) is 33.4 Å². The van der Waals surface area contributed by atoms with Crippen molar-refractivity contribution < 1.29 is 9.47 Å². The second-order valence-electron chi connectivity index (χ2n) is 7.31. The molecule has 0 spiro atoms. The van der Waals surface area contributed by atoms with Crippen molar-refractivity contribution in [3.8, 4) is 0 Å². The van der Waals surface area contributed by atoms with Gasteiger partial charge in [0, 0.05) is 47.8 Å². The van der Waals surface area contributed by atoms with E-state index in [1.165, 1.54) is 21.6 Å². The predicted octanol–water partition coefficient (Wildman–Crippen LogP) is 3.90. The summed E-state index contributed by atoms with van der Waals surface area (Å²) in [5.41, 5.74) is 4.57. The Kier molecular flexibility index (Phi) is 7.60. The second kappa shape index (κ2) is 9.75. The molecule has 1 aromatic heterocycles. The Morgan fingerprint density at radius 2 is 2.00 bits per heavy atom. The number of methoxy groups -OCH3 is 1. The highest BCUT2D eigenvalue weighted by Gasteiger charge is 2.23. The summed E-state index contributed by atoms with van der Waals surface area (Å²) in [7, 11) is 1.70. The van der Waals surface area contributed by atoms with E-state index >= 15 is 0 Å². The van der Waals surface area contributed by atoms with Gasteiger partial charge in [-0.15, -0.1) is 0 Å². The lowest BCUT2D eigenvalue weighted by molar-refractivity contribution is -0.0633. The summed E-state index contributed by atoms with van der Waals surface area (Å²) in [5.74, 6) is 0. The van der Waals surface area contributed by atoms with E-state index < -0.39 is 0 Å². The fourth-order valence-electron chi connectivity index (χ4n) is 3.55. The zero-order valence-electron chi connectivity index (χ0n) is 16.8. The molecule has 1 aromatic carbocycles. The van der Waals surface area contributed by atoms with Gasteiger partial charge in [-0.1, -0.05) is 17.8 Å². The van der Waals surface area contributed by atoms with Gasteiger partial charge in [-0.2, -0.15) is 0 Å². The van der Waals surface area contributed by atoms with E-state index in [-0.39, 0.29) is 11.7 Å². The number of aromatic nitrogens is 1. The molecule has 0 saturated carbocycles. The van der Waals surface area contributed by atoms with Crippen LogP contribution in [0.25, 0.3) is 0 Å². The van der Waals surface area contributed by atoms with E-state index in [4.69, 9.17) is 9.47 Å². The number of aromatic amines is 1. The molecule has 28 heavy (non-hydrogen) atoms. The Hall–Kier alpha value is -0.870. The number of rotatable bonds is 6. The Balaban J connectivity index is 1.92. The van der Waals surface area contributed by atoms with Gasteiger partial charge in [-0.05, 0) is 66.6 Å². The largest absolute Gasteiger partial charge is 0.382 e. The topological polar surface area (TPSA) is 54.6 Å². The number of nitrogens with zero attached hydrogens (tertiary/aromatic N) is 1. The normalized spacial score (nSPS) is 17.8. The highest BCUT2D eigenvalue weighted by Crippen LogP contribution is 2.35. The van der Waals surface area contributed by atoms with Crippen LogP contribution in [-0.2, 0) is 16.0 Å². The van der Waals surface area contributed by atoms with Gasteiger partial charge in [0.15, 0.2) is 0 Å². The smallest absolute Gasteiger partial charge is 0.262 e. The molecule has 0 bridgehead atoms. The number of halogens is 1. The van der Waals surface area contributed by atoms with E-state index in [2.05, 4.69) is 64.5 Å². The number of benzene rings is 1. The number of hydrogen-bond acceptors (Lipinski definition) is 5. The molecule has 0 amide bonds. The number of ether oxygens (including phenoxy) is 2. The molecule has 1 aliphatic rings. The zero-order chi connectivity index (χ0) is 20.3. The molecule has 1 atom stereocenters.